The van der Waals surface area contributed by atoms with Crippen LogP contribution >= 0.6 is 11.3 Å². The first-order valence-electron chi connectivity index (χ1n) is 11.2. The highest BCUT2D eigenvalue weighted by molar-refractivity contribution is 7.19. The number of aliphatic hydroxyl groups is 2. The van der Waals surface area contributed by atoms with Gasteiger partial charge in [0.15, 0.2) is 5.65 Å². The van der Waals surface area contributed by atoms with Gasteiger partial charge < -0.3 is 15.2 Å². The molecule has 1 aliphatic heterocycles. The van der Waals surface area contributed by atoms with Gasteiger partial charge >= 0.3 is 0 Å². The number of β-amino-alcohol motifs (C(OH)–C–C–N with tert-alkyl or cyclic N) is 1. The number of piperazine rings is 1. The van der Waals surface area contributed by atoms with Crippen LogP contribution in [-0.4, -0.2) is 78.9 Å². The molecule has 3 N–H and O–H groups in total. The molecule has 170 valence electrons. The summed E-state index contributed by atoms with van der Waals surface area (Å²) in [5.74, 6) is 0.330. The fourth-order valence-electron chi connectivity index (χ4n) is 4.71. The molecule has 8 nitrogen and oxygen atoms in total. The number of H-pyrrole nitrogens is 1. The van der Waals surface area contributed by atoms with Crippen molar-refractivity contribution in [3.05, 3.63) is 40.7 Å². The second-order valence-electron chi connectivity index (χ2n) is 8.87. The number of hydrogen-bond acceptors (Lipinski definition) is 7. The van der Waals surface area contributed by atoms with Crippen LogP contribution in [0.15, 0.2) is 24.7 Å². The van der Waals surface area contributed by atoms with Crippen LogP contribution in [0.2, 0.25) is 0 Å². The number of pyridine rings is 1. The predicted octanol–water partition coefficient (Wildman–Crippen LogP) is 2.97. The first-order chi connectivity index (χ1) is 15.5. The molecule has 1 atom stereocenters. The Labute approximate surface area is 191 Å². The van der Waals surface area contributed by atoms with Crippen LogP contribution in [0.25, 0.3) is 27.1 Å². The molecule has 1 fully saturated rings. The second kappa shape index (κ2) is 8.57. The largest absolute Gasteiger partial charge is 0.395 e. The minimum atomic E-state index is -0.603. The minimum absolute atomic E-state index is 0.182. The van der Waals surface area contributed by atoms with E-state index in [1.807, 2.05) is 10.7 Å². The lowest BCUT2D eigenvalue weighted by molar-refractivity contribution is -0.0267. The van der Waals surface area contributed by atoms with Crippen LogP contribution in [0.3, 0.4) is 0 Å². The van der Waals surface area contributed by atoms with Crippen LogP contribution in [0.1, 0.15) is 42.0 Å². The molecule has 32 heavy (non-hydrogen) atoms. The van der Waals surface area contributed by atoms with Gasteiger partial charge in [0.05, 0.1) is 27.4 Å². The number of nitrogens with one attached hydrogen (secondary N) is 1. The molecule has 4 aromatic rings. The van der Waals surface area contributed by atoms with Crippen LogP contribution in [0, 0.1) is 6.92 Å². The van der Waals surface area contributed by atoms with E-state index in [-0.39, 0.29) is 6.61 Å². The van der Waals surface area contributed by atoms with Crippen LogP contribution in [0.5, 0.6) is 0 Å². The Kier molecular flexibility index (Phi) is 5.77. The van der Waals surface area contributed by atoms with E-state index in [4.69, 9.17) is 5.11 Å². The topological polar surface area (TPSA) is 92.9 Å². The summed E-state index contributed by atoms with van der Waals surface area (Å²) in [6.45, 7) is 10.7. The minimum Gasteiger partial charge on any atom is -0.395 e. The number of fused-ring (bicyclic) bond motifs is 2. The molecule has 1 unspecified atom stereocenters. The van der Waals surface area contributed by atoms with Crippen molar-refractivity contribution in [2.75, 3.05) is 39.3 Å². The van der Waals surface area contributed by atoms with Gasteiger partial charge in [-0.15, -0.1) is 11.3 Å². The van der Waals surface area contributed by atoms with Gasteiger partial charge in [-0.2, -0.15) is 5.10 Å². The Bertz CT molecular complexity index is 1230. The standard InChI is InChI=1S/C23H30N6O2S/c1-14(2)19-20(16-10-15(3)22-24-13-25-29(22)12-16)26-17-11-18(32-21(17)19)23(31)28-6-4-27(5-7-28)8-9-30/h10-14,23,26,30-31H,4-9H2,1-3H3. The maximum Gasteiger partial charge on any atom is 0.158 e. The third-order valence-corrected chi connectivity index (χ3v) is 7.58. The molecule has 0 saturated carbocycles. The van der Waals surface area contributed by atoms with Crippen LogP contribution < -0.4 is 0 Å². The van der Waals surface area contributed by atoms with E-state index in [2.05, 4.69) is 57.8 Å². The van der Waals surface area contributed by atoms with E-state index >= 15 is 0 Å². The fourth-order valence-corrected chi connectivity index (χ4v) is 6.04. The highest BCUT2D eigenvalue weighted by atomic mass is 32.1. The molecular formula is C23H30N6O2S. The molecule has 5 heterocycles. The molecule has 0 radical (unpaired) electrons. The number of aromatic amines is 1. The monoisotopic (exact) mass is 454 g/mol. The van der Waals surface area contributed by atoms with Gasteiger partial charge in [-0.25, -0.2) is 9.50 Å². The van der Waals surface area contributed by atoms with Crippen molar-refractivity contribution in [2.24, 2.45) is 0 Å². The van der Waals surface area contributed by atoms with E-state index in [1.54, 1.807) is 17.7 Å². The smallest absolute Gasteiger partial charge is 0.158 e. The summed E-state index contributed by atoms with van der Waals surface area (Å²) in [7, 11) is 0. The highest BCUT2D eigenvalue weighted by Gasteiger charge is 2.26. The van der Waals surface area contributed by atoms with Gasteiger partial charge in [0.2, 0.25) is 0 Å². The summed E-state index contributed by atoms with van der Waals surface area (Å²) in [6.07, 6.45) is 3.01. The fraction of sp³-hybridized carbons (Fsp3) is 0.478. The normalized spacial score (nSPS) is 17.2. The number of aryl methyl sites for hydroxylation is 1. The van der Waals surface area contributed by atoms with Gasteiger partial charge in [-0.3, -0.25) is 9.80 Å². The van der Waals surface area contributed by atoms with Crippen molar-refractivity contribution in [3.63, 3.8) is 0 Å². The average molecular weight is 455 g/mol. The van der Waals surface area contributed by atoms with Crippen molar-refractivity contribution < 1.29 is 10.2 Å². The lowest BCUT2D eigenvalue weighted by Crippen LogP contribution is -2.48. The summed E-state index contributed by atoms with van der Waals surface area (Å²) >= 11 is 1.68. The average Bonchev–Trinajstić information content (AvgIpc) is 3.48. The van der Waals surface area contributed by atoms with E-state index < -0.39 is 6.23 Å². The molecule has 9 heteroatoms. The van der Waals surface area contributed by atoms with E-state index in [1.165, 1.54) is 10.3 Å². The Morgan fingerprint density at radius 1 is 1.19 bits per heavy atom. The maximum absolute atomic E-state index is 11.1. The number of aliphatic hydroxyl groups excluding tert-OH is 2. The highest BCUT2D eigenvalue weighted by Crippen LogP contribution is 2.42. The van der Waals surface area contributed by atoms with Gasteiger partial charge in [-0.05, 0) is 36.1 Å². The van der Waals surface area contributed by atoms with Gasteiger partial charge in [-0.1, -0.05) is 13.8 Å². The summed E-state index contributed by atoms with van der Waals surface area (Å²) in [5, 5.41) is 24.5. The quantitative estimate of drug-likeness (QED) is 0.415. The molecule has 0 aliphatic carbocycles. The van der Waals surface area contributed by atoms with Crippen molar-refractivity contribution in [1.29, 1.82) is 0 Å². The van der Waals surface area contributed by atoms with Crippen molar-refractivity contribution in [3.8, 4) is 11.3 Å². The van der Waals surface area contributed by atoms with Crippen molar-refractivity contribution in [2.45, 2.75) is 32.9 Å². The van der Waals surface area contributed by atoms with Crippen molar-refractivity contribution in [1.82, 2.24) is 29.4 Å². The molecular weight excluding hydrogens is 424 g/mol. The summed E-state index contributed by atoms with van der Waals surface area (Å²) in [6, 6.07) is 4.26. The molecule has 0 amide bonds. The Morgan fingerprint density at radius 2 is 1.97 bits per heavy atom. The third-order valence-electron chi connectivity index (χ3n) is 6.37. The zero-order chi connectivity index (χ0) is 22.4. The SMILES string of the molecule is Cc1cc(-c2[nH]c3cc(C(O)N4CCN(CCO)CC4)sc3c2C(C)C)cn2ncnc12. The molecule has 0 spiro atoms. The van der Waals surface area contributed by atoms with Crippen LogP contribution in [-0.2, 0) is 0 Å². The summed E-state index contributed by atoms with van der Waals surface area (Å²) in [5.41, 5.74) is 6.50. The zero-order valence-electron chi connectivity index (χ0n) is 18.7. The first kappa shape index (κ1) is 21.5. The van der Waals surface area contributed by atoms with Crippen LogP contribution in [0.4, 0.5) is 0 Å². The lowest BCUT2D eigenvalue weighted by Gasteiger charge is -2.36. The number of hydrogen-bond donors (Lipinski definition) is 3. The second-order valence-corrected chi connectivity index (χ2v) is 9.96. The molecule has 1 saturated heterocycles. The van der Waals surface area contributed by atoms with Gasteiger partial charge in [0, 0.05) is 44.5 Å². The van der Waals surface area contributed by atoms with E-state index in [0.29, 0.717) is 12.5 Å². The van der Waals surface area contributed by atoms with Gasteiger partial charge in [0.1, 0.15) is 12.6 Å². The van der Waals surface area contributed by atoms with Crippen molar-refractivity contribution >= 4 is 27.2 Å². The number of rotatable bonds is 6. The molecule has 1 aliphatic rings. The van der Waals surface area contributed by atoms with E-state index in [9.17, 15) is 5.11 Å². The Hall–Kier alpha value is -2.30. The molecule has 5 rings (SSSR count). The first-order valence-corrected chi connectivity index (χ1v) is 12.0. The zero-order valence-corrected chi connectivity index (χ0v) is 19.6. The van der Waals surface area contributed by atoms with Gasteiger partial charge in [0.25, 0.3) is 0 Å². The number of thiophene rings is 1. The molecule has 0 bridgehead atoms. The summed E-state index contributed by atoms with van der Waals surface area (Å²) in [4.78, 5) is 13.3. The Morgan fingerprint density at radius 3 is 2.69 bits per heavy atom. The lowest BCUT2D eigenvalue weighted by atomic mass is 9.99. The predicted molar refractivity (Wildman–Crippen MR) is 127 cm³/mol. The maximum atomic E-state index is 11.1. The van der Waals surface area contributed by atoms with E-state index in [0.717, 1.165) is 59.0 Å². The Balaban J connectivity index is 1.47. The molecule has 0 aromatic carbocycles. The molecule has 4 aromatic heterocycles. The number of aromatic nitrogens is 4. The third kappa shape index (κ3) is 3.74. The summed E-state index contributed by atoms with van der Waals surface area (Å²) < 4.78 is 3.04. The number of nitrogens with zero attached hydrogens (tertiary/aromatic N) is 5.